The van der Waals surface area contributed by atoms with Crippen LogP contribution in [-0.2, 0) is 11.3 Å². The van der Waals surface area contributed by atoms with Gasteiger partial charge in [-0.25, -0.2) is 0 Å². The molecule has 0 aliphatic carbocycles. The maximum atomic E-state index is 12.4. The highest BCUT2D eigenvalue weighted by Crippen LogP contribution is 2.20. The molecule has 104 valence electrons. The summed E-state index contributed by atoms with van der Waals surface area (Å²) < 4.78 is 0. The van der Waals surface area contributed by atoms with Gasteiger partial charge >= 0.3 is 0 Å². The molecule has 2 atom stereocenters. The van der Waals surface area contributed by atoms with Gasteiger partial charge in [-0.15, -0.1) is 0 Å². The first-order valence-electron chi connectivity index (χ1n) is 7.01. The lowest BCUT2D eigenvalue weighted by Gasteiger charge is -2.23. The van der Waals surface area contributed by atoms with E-state index in [0.717, 1.165) is 13.1 Å². The van der Waals surface area contributed by atoms with Gasteiger partial charge < -0.3 is 10.2 Å². The van der Waals surface area contributed by atoms with Crippen molar-refractivity contribution in [2.45, 2.75) is 27.3 Å². The van der Waals surface area contributed by atoms with Gasteiger partial charge in [0, 0.05) is 20.1 Å². The number of benzene rings is 1. The second kappa shape index (κ2) is 5.74. The fourth-order valence-corrected chi connectivity index (χ4v) is 2.78. The Morgan fingerprint density at radius 3 is 2.68 bits per heavy atom. The van der Waals surface area contributed by atoms with Crippen LogP contribution < -0.4 is 5.32 Å². The normalized spacial score (nSPS) is 22.5. The van der Waals surface area contributed by atoms with Gasteiger partial charge in [0.1, 0.15) is 0 Å². The zero-order valence-electron chi connectivity index (χ0n) is 12.4. The Morgan fingerprint density at radius 1 is 1.37 bits per heavy atom. The van der Waals surface area contributed by atoms with Crippen LogP contribution >= 0.6 is 0 Å². The van der Waals surface area contributed by atoms with E-state index in [1.54, 1.807) is 0 Å². The molecular weight excluding hydrogens is 236 g/mol. The van der Waals surface area contributed by atoms with E-state index < -0.39 is 0 Å². The number of carbonyl (C=O) groups is 1. The van der Waals surface area contributed by atoms with E-state index in [4.69, 9.17) is 0 Å². The van der Waals surface area contributed by atoms with Gasteiger partial charge in [0.15, 0.2) is 0 Å². The summed E-state index contributed by atoms with van der Waals surface area (Å²) >= 11 is 0. The van der Waals surface area contributed by atoms with Crippen molar-refractivity contribution in [3.63, 3.8) is 0 Å². The SMILES string of the molecule is Cc1ccc(CN(C)C(=O)C2CNCC2C)c(C)c1. The molecule has 1 amide bonds. The average molecular weight is 260 g/mol. The highest BCUT2D eigenvalue weighted by Gasteiger charge is 2.31. The van der Waals surface area contributed by atoms with Crippen LogP contribution in [0.1, 0.15) is 23.6 Å². The van der Waals surface area contributed by atoms with Gasteiger partial charge in [-0.1, -0.05) is 30.7 Å². The number of nitrogens with zero attached hydrogens (tertiary/aromatic N) is 1. The Balaban J connectivity index is 2.04. The van der Waals surface area contributed by atoms with Crippen LogP contribution in [0.3, 0.4) is 0 Å². The standard InChI is InChI=1S/C16H24N2O/c1-11-5-6-14(12(2)7-11)10-18(4)16(19)15-9-17-8-13(15)3/h5-7,13,15,17H,8-10H2,1-4H3. The Morgan fingerprint density at radius 2 is 2.11 bits per heavy atom. The van der Waals surface area contributed by atoms with Crippen molar-refractivity contribution < 1.29 is 4.79 Å². The number of nitrogens with one attached hydrogen (secondary N) is 1. The molecule has 0 bridgehead atoms. The molecule has 0 spiro atoms. The fourth-order valence-electron chi connectivity index (χ4n) is 2.78. The van der Waals surface area contributed by atoms with Crippen molar-refractivity contribution in [2.75, 3.05) is 20.1 Å². The summed E-state index contributed by atoms with van der Waals surface area (Å²) in [6.07, 6.45) is 0. The fraction of sp³-hybridized carbons (Fsp3) is 0.562. The largest absolute Gasteiger partial charge is 0.341 e. The van der Waals surface area contributed by atoms with E-state index in [0.29, 0.717) is 12.5 Å². The molecule has 0 aromatic heterocycles. The van der Waals surface area contributed by atoms with Crippen molar-refractivity contribution >= 4 is 5.91 Å². The first kappa shape index (κ1) is 14.1. The summed E-state index contributed by atoms with van der Waals surface area (Å²) in [6, 6.07) is 6.42. The van der Waals surface area contributed by atoms with Gasteiger partial charge in [0.25, 0.3) is 0 Å². The summed E-state index contributed by atoms with van der Waals surface area (Å²) in [5, 5.41) is 3.29. The molecular formula is C16H24N2O. The summed E-state index contributed by atoms with van der Waals surface area (Å²) in [5.74, 6) is 0.835. The van der Waals surface area contributed by atoms with E-state index in [-0.39, 0.29) is 11.8 Å². The van der Waals surface area contributed by atoms with Crippen LogP contribution in [0.15, 0.2) is 18.2 Å². The minimum Gasteiger partial charge on any atom is -0.341 e. The highest BCUT2D eigenvalue weighted by atomic mass is 16.2. The minimum absolute atomic E-state index is 0.135. The van der Waals surface area contributed by atoms with Crippen LogP contribution in [0.2, 0.25) is 0 Å². The van der Waals surface area contributed by atoms with Crippen molar-refractivity contribution in [3.8, 4) is 0 Å². The molecule has 1 N–H and O–H groups in total. The smallest absolute Gasteiger partial charge is 0.227 e. The molecule has 2 rings (SSSR count). The number of rotatable bonds is 3. The first-order valence-corrected chi connectivity index (χ1v) is 7.01. The molecule has 3 heteroatoms. The van der Waals surface area contributed by atoms with Crippen molar-refractivity contribution in [2.24, 2.45) is 11.8 Å². The number of hydrogen-bond acceptors (Lipinski definition) is 2. The average Bonchev–Trinajstić information content (AvgIpc) is 2.78. The molecule has 1 saturated heterocycles. The Kier molecular flexibility index (Phi) is 4.25. The predicted molar refractivity (Wildman–Crippen MR) is 77.9 cm³/mol. The van der Waals surface area contributed by atoms with E-state index in [1.807, 2.05) is 11.9 Å². The van der Waals surface area contributed by atoms with Crippen LogP contribution in [0.25, 0.3) is 0 Å². The Bertz CT molecular complexity index is 470. The van der Waals surface area contributed by atoms with Gasteiger partial charge in [-0.2, -0.15) is 0 Å². The molecule has 0 radical (unpaired) electrons. The third-order valence-corrected chi connectivity index (χ3v) is 4.12. The Hall–Kier alpha value is -1.35. The van der Waals surface area contributed by atoms with Gasteiger partial charge in [-0.05, 0) is 37.4 Å². The lowest BCUT2D eigenvalue weighted by molar-refractivity contribution is -0.135. The zero-order chi connectivity index (χ0) is 14.0. The molecule has 2 unspecified atom stereocenters. The molecule has 0 saturated carbocycles. The number of carbonyl (C=O) groups excluding carboxylic acids is 1. The second-order valence-corrected chi connectivity index (χ2v) is 5.87. The number of aryl methyl sites for hydroxylation is 2. The highest BCUT2D eigenvalue weighted by molar-refractivity contribution is 5.79. The zero-order valence-corrected chi connectivity index (χ0v) is 12.4. The van der Waals surface area contributed by atoms with E-state index in [2.05, 4.69) is 44.3 Å². The monoisotopic (exact) mass is 260 g/mol. The van der Waals surface area contributed by atoms with Crippen LogP contribution in [0.5, 0.6) is 0 Å². The van der Waals surface area contributed by atoms with Gasteiger partial charge in [0.2, 0.25) is 5.91 Å². The summed E-state index contributed by atoms with van der Waals surface area (Å²) in [6.45, 7) is 8.82. The second-order valence-electron chi connectivity index (χ2n) is 5.87. The molecule has 1 fully saturated rings. The molecule has 19 heavy (non-hydrogen) atoms. The van der Waals surface area contributed by atoms with E-state index in [9.17, 15) is 4.79 Å². The topological polar surface area (TPSA) is 32.3 Å². The van der Waals surface area contributed by atoms with Crippen LogP contribution in [0.4, 0.5) is 0 Å². The van der Waals surface area contributed by atoms with Crippen LogP contribution in [0, 0.1) is 25.7 Å². The van der Waals surface area contributed by atoms with Gasteiger partial charge in [-0.3, -0.25) is 4.79 Å². The minimum atomic E-state index is 0.135. The van der Waals surface area contributed by atoms with Crippen LogP contribution in [-0.4, -0.2) is 30.9 Å². The van der Waals surface area contributed by atoms with Crippen molar-refractivity contribution in [1.82, 2.24) is 10.2 Å². The van der Waals surface area contributed by atoms with Crippen molar-refractivity contribution in [1.29, 1.82) is 0 Å². The molecule has 1 aliphatic heterocycles. The quantitative estimate of drug-likeness (QED) is 0.903. The van der Waals surface area contributed by atoms with Crippen molar-refractivity contribution in [3.05, 3.63) is 34.9 Å². The molecule has 3 nitrogen and oxygen atoms in total. The number of amides is 1. The lowest BCUT2D eigenvalue weighted by atomic mass is 9.96. The summed E-state index contributed by atoms with van der Waals surface area (Å²) in [7, 11) is 1.91. The summed E-state index contributed by atoms with van der Waals surface area (Å²) in [4.78, 5) is 14.3. The first-order chi connectivity index (χ1) is 8.99. The molecule has 1 heterocycles. The third-order valence-electron chi connectivity index (χ3n) is 4.12. The van der Waals surface area contributed by atoms with E-state index >= 15 is 0 Å². The third kappa shape index (κ3) is 3.16. The maximum absolute atomic E-state index is 12.4. The maximum Gasteiger partial charge on any atom is 0.227 e. The Labute approximate surface area is 116 Å². The predicted octanol–water partition coefficient (Wildman–Crippen LogP) is 2.12. The molecule has 1 aromatic carbocycles. The summed E-state index contributed by atoms with van der Waals surface area (Å²) in [5.41, 5.74) is 3.76. The lowest BCUT2D eigenvalue weighted by Crippen LogP contribution is -2.35. The van der Waals surface area contributed by atoms with E-state index in [1.165, 1.54) is 16.7 Å². The molecule has 1 aliphatic rings. The van der Waals surface area contributed by atoms with Gasteiger partial charge in [0.05, 0.1) is 5.92 Å². The molecule has 1 aromatic rings. The number of hydrogen-bond donors (Lipinski definition) is 1.